The van der Waals surface area contributed by atoms with Gasteiger partial charge in [0, 0.05) is 4.88 Å². The van der Waals surface area contributed by atoms with Crippen LogP contribution in [0.15, 0.2) is 4.79 Å². The van der Waals surface area contributed by atoms with Crippen molar-refractivity contribution in [2.24, 2.45) is 5.73 Å². The predicted molar refractivity (Wildman–Crippen MR) is 95.2 cm³/mol. The van der Waals surface area contributed by atoms with Crippen LogP contribution in [0.2, 0.25) is 0 Å². The van der Waals surface area contributed by atoms with Crippen LogP contribution < -0.4 is 11.3 Å². The summed E-state index contributed by atoms with van der Waals surface area (Å²) in [6, 6.07) is 0. The normalized spacial score (nSPS) is 13.7. The third-order valence-corrected chi connectivity index (χ3v) is 5.82. The molecule has 0 bridgehead atoms. The molecule has 0 saturated heterocycles. The number of thiophene rings is 1. The lowest BCUT2D eigenvalue weighted by Crippen LogP contribution is -2.33. The van der Waals surface area contributed by atoms with E-state index in [9.17, 15) is 14.4 Å². The molecule has 2 aromatic rings. The third-order valence-electron chi connectivity index (χ3n) is 3.58. The molecule has 0 aliphatic heterocycles. The zero-order valence-corrected chi connectivity index (χ0v) is 15.5. The molecule has 1 amide bonds. The highest BCUT2D eigenvalue weighted by Gasteiger charge is 2.21. The van der Waals surface area contributed by atoms with E-state index in [2.05, 4.69) is 9.97 Å². The summed E-state index contributed by atoms with van der Waals surface area (Å²) in [5.74, 6) is -0.373. The Morgan fingerprint density at radius 1 is 1.38 bits per heavy atom. The van der Waals surface area contributed by atoms with Crippen LogP contribution in [-0.2, 0) is 20.1 Å². The van der Waals surface area contributed by atoms with Crippen LogP contribution in [0.25, 0.3) is 10.2 Å². The number of amides is 1. The van der Waals surface area contributed by atoms with Gasteiger partial charge in [0.05, 0.1) is 11.1 Å². The summed E-state index contributed by atoms with van der Waals surface area (Å²) >= 11 is 2.74. The fourth-order valence-electron chi connectivity index (χ4n) is 1.97. The number of carbonyl (C=O) groups excluding carboxylic acids is 2. The second-order valence-corrected chi connectivity index (χ2v) is 7.94. The molecule has 0 aromatic carbocycles. The van der Waals surface area contributed by atoms with E-state index in [1.807, 2.05) is 13.8 Å². The number of nitrogens with one attached hydrogen (secondary N) is 1. The van der Waals surface area contributed by atoms with Gasteiger partial charge in [-0.1, -0.05) is 0 Å². The van der Waals surface area contributed by atoms with Crippen LogP contribution in [0.3, 0.4) is 0 Å². The van der Waals surface area contributed by atoms with Gasteiger partial charge in [0.2, 0.25) is 0 Å². The third kappa shape index (κ3) is 3.96. The summed E-state index contributed by atoms with van der Waals surface area (Å²) in [6.45, 7) is 6.94. The number of H-pyrrole nitrogens is 1. The number of thioether (sulfide) groups is 1. The molecule has 0 radical (unpaired) electrons. The molecule has 2 atom stereocenters. The minimum absolute atomic E-state index is 0.171. The van der Waals surface area contributed by atoms with E-state index in [1.54, 1.807) is 6.92 Å². The van der Waals surface area contributed by atoms with Gasteiger partial charge < -0.3 is 15.5 Å². The Morgan fingerprint density at radius 3 is 2.67 bits per heavy atom. The molecule has 7 nitrogen and oxygen atoms in total. The number of aryl methyl sites for hydroxylation is 2. The molecule has 24 heavy (non-hydrogen) atoms. The second-order valence-electron chi connectivity index (χ2n) is 5.41. The lowest BCUT2D eigenvalue weighted by molar-refractivity contribution is -0.152. The van der Waals surface area contributed by atoms with Crippen LogP contribution in [0.5, 0.6) is 0 Å². The molecule has 0 aliphatic rings. The van der Waals surface area contributed by atoms with E-state index in [4.69, 9.17) is 10.5 Å². The predicted octanol–water partition coefficient (Wildman–Crippen LogP) is 1.64. The van der Waals surface area contributed by atoms with E-state index >= 15 is 0 Å². The zero-order valence-electron chi connectivity index (χ0n) is 13.8. The summed E-state index contributed by atoms with van der Waals surface area (Å²) in [7, 11) is 0. The number of rotatable bonds is 6. The number of esters is 1. The van der Waals surface area contributed by atoms with E-state index in [0.717, 1.165) is 10.4 Å². The molecule has 2 rings (SSSR count). The minimum Gasteiger partial charge on any atom is -0.452 e. The lowest BCUT2D eigenvalue weighted by atomic mass is 10.2. The van der Waals surface area contributed by atoms with Crippen LogP contribution in [0.1, 0.15) is 30.1 Å². The number of fused-ring (bicyclic) bond motifs is 1. The fourth-order valence-corrected chi connectivity index (χ4v) is 3.75. The topological polar surface area (TPSA) is 115 Å². The van der Waals surface area contributed by atoms with Crippen molar-refractivity contribution in [2.45, 2.75) is 44.8 Å². The van der Waals surface area contributed by atoms with Gasteiger partial charge in [0.25, 0.3) is 11.5 Å². The summed E-state index contributed by atoms with van der Waals surface area (Å²) < 4.78 is 4.95. The molecule has 9 heteroatoms. The van der Waals surface area contributed by atoms with Gasteiger partial charge in [0.15, 0.2) is 6.10 Å². The Bertz CT molecular complexity index is 843. The maximum atomic E-state index is 12.2. The van der Waals surface area contributed by atoms with E-state index in [1.165, 1.54) is 30.0 Å². The van der Waals surface area contributed by atoms with Crippen molar-refractivity contribution >= 4 is 45.2 Å². The molecule has 0 spiro atoms. The number of nitrogens with zero attached hydrogens (tertiary/aromatic N) is 1. The molecule has 0 aliphatic carbocycles. The maximum Gasteiger partial charge on any atom is 0.319 e. The first-order valence-corrected chi connectivity index (χ1v) is 9.17. The molecule has 2 heterocycles. The van der Waals surface area contributed by atoms with Crippen molar-refractivity contribution in [3.8, 4) is 0 Å². The number of hydrogen-bond acceptors (Lipinski definition) is 7. The van der Waals surface area contributed by atoms with E-state index < -0.39 is 23.2 Å². The van der Waals surface area contributed by atoms with Crippen molar-refractivity contribution in [1.82, 2.24) is 9.97 Å². The molecule has 3 N–H and O–H groups in total. The first kappa shape index (κ1) is 18.5. The number of carbonyl (C=O) groups is 2. The summed E-state index contributed by atoms with van der Waals surface area (Å²) in [4.78, 5) is 43.9. The Kier molecular flexibility index (Phi) is 5.66. The van der Waals surface area contributed by atoms with Crippen LogP contribution in [-0.4, -0.2) is 33.2 Å². The van der Waals surface area contributed by atoms with Crippen LogP contribution in [0, 0.1) is 13.8 Å². The first-order valence-electron chi connectivity index (χ1n) is 7.31. The average molecular weight is 369 g/mol. The van der Waals surface area contributed by atoms with Gasteiger partial charge >= 0.3 is 5.97 Å². The fraction of sp³-hybridized carbons (Fsp3) is 0.467. The number of primary amides is 1. The number of ether oxygens (including phenoxy) is 1. The second kappa shape index (κ2) is 7.35. The molecule has 0 fully saturated rings. The van der Waals surface area contributed by atoms with Crippen molar-refractivity contribution in [3.63, 3.8) is 0 Å². The van der Waals surface area contributed by atoms with Crippen molar-refractivity contribution in [1.29, 1.82) is 0 Å². The molecule has 0 saturated carbocycles. The Hall–Kier alpha value is -1.87. The van der Waals surface area contributed by atoms with Crippen molar-refractivity contribution < 1.29 is 14.3 Å². The highest BCUT2D eigenvalue weighted by molar-refractivity contribution is 7.99. The molecule has 0 unspecified atom stereocenters. The van der Waals surface area contributed by atoms with Gasteiger partial charge in [-0.2, -0.15) is 0 Å². The monoisotopic (exact) mass is 369 g/mol. The van der Waals surface area contributed by atoms with Gasteiger partial charge in [-0.25, -0.2) is 4.98 Å². The van der Waals surface area contributed by atoms with Crippen LogP contribution in [0.4, 0.5) is 0 Å². The molecule has 130 valence electrons. The van der Waals surface area contributed by atoms with Gasteiger partial charge in [-0.3, -0.25) is 14.4 Å². The van der Waals surface area contributed by atoms with Gasteiger partial charge in [0.1, 0.15) is 15.9 Å². The van der Waals surface area contributed by atoms with Crippen LogP contribution >= 0.6 is 23.1 Å². The summed E-state index contributed by atoms with van der Waals surface area (Å²) in [5, 5.41) is 0.105. The standard InChI is InChI=1S/C15H19N3O4S2/c1-6-8(3)24-14-11(6)13(20)17-10(18-14)5-23-9(4)15(21)22-7(2)12(16)19/h7,9H,5H2,1-4H3,(H2,16,19)(H,17,18,20)/t7-,9-/m1/s1. The smallest absolute Gasteiger partial charge is 0.319 e. The highest BCUT2D eigenvalue weighted by atomic mass is 32.2. The van der Waals surface area contributed by atoms with Gasteiger partial charge in [-0.05, 0) is 33.3 Å². The molecular weight excluding hydrogens is 350 g/mol. The Labute approximate surface area is 147 Å². The summed E-state index contributed by atoms with van der Waals surface area (Å²) in [5.41, 5.74) is 5.84. The lowest BCUT2D eigenvalue weighted by Gasteiger charge is -2.14. The average Bonchev–Trinajstić information content (AvgIpc) is 2.79. The SMILES string of the molecule is Cc1sc2nc(CS[C@H](C)C(=O)O[C@H](C)C(N)=O)[nH]c(=O)c2c1C. The quantitative estimate of drug-likeness (QED) is 0.748. The van der Waals surface area contributed by atoms with E-state index in [-0.39, 0.29) is 5.56 Å². The van der Waals surface area contributed by atoms with Gasteiger partial charge in [-0.15, -0.1) is 23.1 Å². The Balaban J connectivity index is 2.06. The Morgan fingerprint density at radius 2 is 2.04 bits per heavy atom. The van der Waals surface area contributed by atoms with E-state index in [0.29, 0.717) is 21.8 Å². The van der Waals surface area contributed by atoms with Crippen molar-refractivity contribution in [3.05, 3.63) is 26.6 Å². The molecule has 2 aromatic heterocycles. The highest BCUT2D eigenvalue weighted by Crippen LogP contribution is 2.26. The molecular formula is C15H19N3O4S2. The first-order chi connectivity index (χ1) is 11.2. The summed E-state index contributed by atoms with van der Waals surface area (Å²) in [6.07, 6.45) is -0.966. The largest absolute Gasteiger partial charge is 0.452 e. The number of hydrogen-bond donors (Lipinski definition) is 2. The number of nitrogens with two attached hydrogens (primary N) is 1. The van der Waals surface area contributed by atoms with Crippen molar-refractivity contribution in [2.75, 3.05) is 0 Å². The minimum atomic E-state index is -0.966. The maximum absolute atomic E-state index is 12.2. The zero-order chi connectivity index (χ0) is 18.0. The number of aromatic nitrogens is 2. The number of aromatic amines is 1.